The predicted octanol–water partition coefficient (Wildman–Crippen LogP) is 4.07. The average Bonchev–Trinajstić information content (AvgIpc) is 2.96. The lowest BCUT2D eigenvalue weighted by Gasteiger charge is -2.11. The molecule has 0 unspecified atom stereocenters. The van der Waals surface area contributed by atoms with Gasteiger partial charge in [-0.3, -0.25) is 0 Å². The van der Waals surface area contributed by atoms with E-state index in [-0.39, 0.29) is 24.0 Å². The average molecular weight is 458 g/mol. The minimum Gasteiger partial charge on any atom is -0.357 e. The summed E-state index contributed by atoms with van der Waals surface area (Å²) in [4.78, 5) is 9.14. The number of hydrogen-bond acceptors (Lipinski definition) is 3. The second-order valence-electron chi connectivity index (χ2n) is 5.59. The summed E-state index contributed by atoms with van der Waals surface area (Å²) in [6.45, 7) is 8.69. The third kappa shape index (κ3) is 7.61. The first-order chi connectivity index (χ1) is 11.2. The SMILES string of the molecule is CCNC(=NCc1ccc(C)cc1)NCCCc1nc(C)cs1.I. The second kappa shape index (κ2) is 11.4. The molecule has 0 aliphatic carbocycles. The summed E-state index contributed by atoms with van der Waals surface area (Å²) in [6, 6.07) is 8.52. The molecule has 0 radical (unpaired) electrons. The van der Waals surface area contributed by atoms with Crippen LogP contribution in [0.15, 0.2) is 34.6 Å². The maximum Gasteiger partial charge on any atom is 0.191 e. The quantitative estimate of drug-likeness (QED) is 0.285. The lowest BCUT2D eigenvalue weighted by molar-refractivity contribution is 0.740. The Labute approximate surface area is 166 Å². The van der Waals surface area contributed by atoms with Gasteiger partial charge in [0.1, 0.15) is 0 Å². The molecule has 1 aromatic carbocycles. The molecule has 0 saturated heterocycles. The Morgan fingerprint density at radius 3 is 2.54 bits per heavy atom. The number of halogens is 1. The molecule has 0 bridgehead atoms. The van der Waals surface area contributed by atoms with Gasteiger partial charge in [0, 0.05) is 30.6 Å². The highest BCUT2D eigenvalue weighted by Crippen LogP contribution is 2.10. The predicted molar refractivity (Wildman–Crippen MR) is 115 cm³/mol. The number of nitrogens with one attached hydrogen (secondary N) is 2. The molecule has 2 rings (SSSR count). The Bertz CT molecular complexity index is 622. The topological polar surface area (TPSA) is 49.3 Å². The molecule has 0 amide bonds. The van der Waals surface area contributed by atoms with Crippen LogP contribution in [-0.4, -0.2) is 24.0 Å². The molecule has 0 aliphatic rings. The van der Waals surface area contributed by atoms with Gasteiger partial charge in [-0.15, -0.1) is 35.3 Å². The summed E-state index contributed by atoms with van der Waals surface area (Å²) in [5.74, 6) is 0.878. The smallest absolute Gasteiger partial charge is 0.191 e. The van der Waals surface area contributed by atoms with Gasteiger partial charge in [0.25, 0.3) is 0 Å². The highest BCUT2D eigenvalue weighted by Gasteiger charge is 2.00. The molecule has 0 saturated carbocycles. The lowest BCUT2D eigenvalue weighted by Crippen LogP contribution is -2.37. The fraction of sp³-hybridized carbons (Fsp3) is 0.444. The zero-order chi connectivity index (χ0) is 16.5. The van der Waals surface area contributed by atoms with Crippen molar-refractivity contribution < 1.29 is 0 Å². The normalized spacial score (nSPS) is 11.0. The van der Waals surface area contributed by atoms with Crippen LogP contribution in [0.25, 0.3) is 0 Å². The van der Waals surface area contributed by atoms with Gasteiger partial charge in [0.2, 0.25) is 0 Å². The van der Waals surface area contributed by atoms with Gasteiger partial charge in [-0.2, -0.15) is 0 Å². The molecule has 2 N–H and O–H groups in total. The first-order valence-electron chi connectivity index (χ1n) is 8.16. The molecule has 132 valence electrons. The summed E-state index contributed by atoms with van der Waals surface area (Å²) in [6.07, 6.45) is 2.07. The fourth-order valence-corrected chi connectivity index (χ4v) is 2.99. The molecule has 6 heteroatoms. The van der Waals surface area contributed by atoms with Gasteiger partial charge in [0.05, 0.1) is 11.6 Å². The van der Waals surface area contributed by atoms with Crippen LogP contribution in [0.1, 0.15) is 35.2 Å². The van der Waals surface area contributed by atoms with Crippen LogP contribution < -0.4 is 10.6 Å². The lowest BCUT2D eigenvalue weighted by atomic mass is 10.1. The zero-order valence-corrected chi connectivity index (χ0v) is 17.8. The number of aliphatic imine (C=N–C) groups is 1. The summed E-state index contributed by atoms with van der Waals surface area (Å²) in [7, 11) is 0. The Morgan fingerprint density at radius 2 is 1.92 bits per heavy atom. The van der Waals surface area contributed by atoms with E-state index in [2.05, 4.69) is 64.1 Å². The van der Waals surface area contributed by atoms with Crippen molar-refractivity contribution in [1.29, 1.82) is 0 Å². The minimum absolute atomic E-state index is 0. The van der Waals surface area contributed by atoms with Crippen molar-refractivity contribution in [1.82, 2.24) is 15.6 Å². The second-order valence-corrected chi connectivity index (χ2v) is 6.54. The van der Waals surface area contributed by atoms with Crippen molar-refractivity contribution >= 4 is 41.3 Å². The maximum absolute atomic E-state index is 4.64. The van der Waals surface area contributed by atoms with Gasteiger partial charge < -0.3 is 10.6 Å². The Hall–Kier alpha value is -1.15. The van der Waals surface area contributed by atoms with Gasteiger partial charge in [0.15, 0.2) is 5.96 Å². The molecule has 0 atom stereocenters. The van der Waals surface area contributed by atoms with Crippen LogP contribution in [0.5, 0.6) is 0 Å². The fourth-order valence-electron chi connectivity index (χ4n) is 2.17. The van der Waals surface area contributed by atoms with Crippen molar-refractivity contribution in [3.8, 4) is 0 Å². The standard InChI is InChI=1S/C18H26N4S.HI/c1-4-19-18(21-12-16-9-7-14(2)8-10-16)20-11-5-6-17-22-15(3)13-23-17;/h7-10,13H,4-6,11-12H2,1-3H3,(H2,19,20,21);1H. The number of benzene rings is 1. The highest BCUT2D eigenvalue weighted by atomic mass is 127. The van der Waals surface area contributed by atoms with Crippen LogP contribution in [-0.2, 0) is 13.0 Å². The van der Waals surface area contributed by atoms with E-state index in [0.717, 1.165) is 37.6 Å². The van der Waals surface area contributed by atoms with E-state index in [0.29, 0.717) is 6.54 Å². The highest BCUT2D eigenvalue weighted by molar-refractivity contribution is 14.0. The van der Waals surface area contributed by atoms with E-state index in [1.54, 1.807) is 11.3 Å². The molecule has 0 aliphatic heterocycles. The van der Waals surface area contributed by atoms with Crippen molar-refractivity contribution in [2.75, 3.05) is 13.1 Å². The number of rotatable bonds is 7. The first-order valence-corrected chi connectivity index (χ1v) is 9.04. The molecule has 0 spiro atoms. The molecular formula is C18H27IN4S. The van der Waals surface area contributed by atoms with Gasteiger partial charge in [-0.1, -0.05) is 29.8 Å². The van der Waals surface area contributed by atoms with Crippen LogP contribution in [0.3, 0.4) is 0 Å². The van der Waals surface area contributed by atoms with E-state index in [1.807, 2.05) is 6.92 Å². The third-order valence-electron chi connectivity index (χ3n) is 3.41. The summed E-state index contributed by atoms with van der Waals surface area (Å²) < 4.78 is 0. The van der Waals surface area contributed by atoms with Crippen LogP contribution in [0.2, 0.25) is 0 Å². The number of guanidine groups is 1. The number of thiazole rings is 1. The van der Waals surface area contributed by atoms with E-state index in [9.17, 15) is 0 Å². The Morgan fingerprint density at radius 1 is 1.17 bits per heavy atom. The Balaban J connectivity index is 0.00000288. The van der Waals surface area contributed by atoms with Crippen LogP contribution in [0, 0.1) is 13.8 Å². The van der Waals surface area contributed by atoms with Gasteiger partial charge in [-0.25, -0.2) is 9.98 Å². The van der Waals surface area contributed by atoms with Gasteiger partial charge in [-0.05, 0) is 32.8 Å². The molecule has 4 nitrogen and oxygen atoms in total. The monoisotopic (exact) mass is 458 g/mol. The molecular weight excluding hydrogens is 431 g/mol. The van der Waals surface area contributed by atoms with Crippen LogP contribution >= 0.6 is 35.3 Å². The molecule has 1 aromatic heterocycles. The van der Waals surface area contributed by atoms with E-state index in [1.165, 1.54) is 16.1 Å². The van der Waals surface area contributed by atoms with Crippen molar-refractivity contribution in [3.63, 3.8) is 0 Å². The molecule has 24 heavy (non-hydrogen) atoms. The van der Waals surface area contributed by atoms with E-state index in [4.69, 9.17) is 0 Å². The van der Waals surface area contributed by atoms with Crippen molar-refractivity contribution in [2.24, 2.45) is 4.99 Å². The maximum atomic E-state index is 4.64. The minimum atomic E-state index is 0. The Kier molecular flexibility index (Phi) is 9.94. The summed E-state index contributed by atoms with van der Waals surface area (Å²) in [5.41, 5.74) is 3.62. The zero-order valence-electron chi connectivity index (χ0n) is 14.6. The molecule has 0 fully saturated rings. The van der Waals surface area contributed by atoms with E-state index >= 15 is 0 Å². The molecule has 1 heterocycles. The molecule has 2 aromatic rings. The largest absolute Gasteiger partial charge is 0.357 e. The van der Waals surface area contributed by atoms with E-state index < -0.39 is 0 Å². The van der Waals surface area contributed by atoms with Gasteiger partial charge >= 0.3 is 0 Å². The van der Waals surface area contributed by atoms with Crippen molar-refractivity contribution in [3.05, 3.63) is 51.5 Å². The number of hydrogen-bond donors (Lipinski definition) is 2. The summed E-state index contributed by atoms with van der Waals surface area (Å²) in [5, 5.41) is 10.0. The summed E-state index contributed by atoms with van der Waals surface area (Å²) >= 11 is 1.74. The number of aryl methyl sites for hydroxylation is 3. The first kappa shape index (κ1) is 20.9. The number of nitrogens with zero attached hydrogens (tertiary/aromatic N) is 2. The third-order valence-corrected chi connectivity index (χ3v) is 4.44. The van der Waals surface area contributed by atoms with Crippen LogP contribution in [0.4, 0.5) is 0 Å². The number of aromatic nitrogens is 1. The van der Waals surface area contributed by atoms with Crippen molar-refractivity contribution in [2.45, 2.75) is 40.2 Å².